The smallest absolute Gasteiger partial charge is 0.273 e. The molecule has 0 aliphatic carbocycles. The van der Waals surface area contributed by atoms with Gasteiger partial charge in [0.15, 0.2) is 0 Å². The van der Waals surface area contributed by atoms with Gasteiger partial charge in [0.1, 0.15) is 23.9 Å². The molecule has 4 rings (SSSR count). The molecule has 8 nitrogen and oxygen atoms in total. The van der Waals surface area contributed by atoms with Crippen LogP contribution in [-0.2, 0) is 4.79 Å². The number of benzene rings is 1. The summed E-state index contributed by atoms with van der Waals surface area (Å²) in [7, 11) is 0. The van der Waals surface area contributed by atoms with Gasteiger partial charge < -0.3 is 20.3 Å². The van der Waals surface area contributed by atoms with Crippen molar-refractivity contribution in [2.24, 2.45) is 0 Å². The minimum atomic E-state index is -0.556. The van der Waals surface area contributed by atoms with Crippen LogP contribution in [0.5, 0.6) is 5.75 Å². The van der Waals surface area contributed by atoms with Gasteiger partial charge in [0, 0.05) is 31.2 Å². The number of aromatic nitrogens is 1. The molecule has 9 heteroatoms. The van der Waals surface area contributed by atoms with Crippen LogP contribution in [0.3, 0.4) is 0 Å². The molecule has 3 amide bonds. The van der Waals surface area contributed by atoms with Crippen molar-refractivity contribution in [2.45, 2.75) is 31.3 Å². The molecule has 31 heavy (non-hydrogen) atoms. The lowest BCUT2D eigenvalue weighted by atomic mass is 10.1. The Morgan fingerprint density at radius 2 is 1.97 bits per heavy atom. The van der Waals surface area contributed by atoms with Gasteiger partial charge in [-0.3, -0.25) is 19.4 Å². The number of rotatable bonds is 1. The molecule has 1 fully saturated rings. The first-order valence-corrected chi connectivity index (χ1v) is 10.2. The van der Waals surface area contributed by atoms with Crippen LogP contribution in [-0.4, -0.2) is 59.4 Å². The number of fused-ring (bicyclic) bond motifs is 3. The average molecular weight is 426 g/mol. The highest BCUT2D eigenvalue weighted by Crippen LogP contribution is 2.28. The molecule has 0 saturated carbocycles. The fourth-order valence-corrected chi connectivity index (χ4v) is 4.06. The highest BCUT2D eigenvalue weighted by molar-refractivity contribution is 5.97. The van der Waals surface area contributed by atoms with Gasteiger partial charge in [-0.2, -0.15) is 0 Å². The second-order valence-corrected chi connectivity index (χ2v) is 7.57. The largest absolute Gasteiger partial charge is 0.491 e. The van der Waals surface area contributed by atoms with Crippen LogP contribution in [0.15, 0.2) is 42.6 Å². The van der Waals surface area contributed by atoms with Crippen LogP contribution in [0, 0.1) is 5.82 Å². The molecule has 0 unspecified atom stereocenters. The van der Waals surface area contributed by atoms with Crippen LogP contribution >= 0.6 is 0 Å². The van der Waals surface area contributed by atoms with Crippen LogP contribution in [0.1, 0.15) is 40.1 Å². The second kappa shape index (κ2) is 9.11. The van der Waals surface area contributed by atoms with E-state index in [0.717, 1.165) is 6.07 Å². The molecule has 0 spiro atoms. The SMILES string of the molecule is O=C1C[C@@H]2CC[C@H](CNC(=O)c3cc(F)ccc3OCCN1)N2C(=O)c1ccccn1. The molecule has 3 heterocycles. The number of carbonyl (C=O) groups excluding carboxylic acids is 3. The highest BCUT2D eigenvalue weighted by Gasteiger charge is 2.39. The van der Waals surface area contributed by atoms with Crippen molar-refractivity contribution in [2.75, 3.05) is 19.7 Å². The number of hydrogen-bond donors (Lipinski definition) is 2. The first-order valence-electron chi connectivity index (χ1n) is 10.2. The van der Waals surface area contributed by atoms with E-state index in [-0.39, 0.29) is 67.0 Å². The molecular formula is C22H23FN4O4. The van der Waals surface area contributed by atoms with Gasteiger partial charge in [0.05, 0.1) is 12.1 Å². The third-order valence-electron chi connectivity index (χ3n) is 5.53. The summed E-state index contributed by atoms with van der Waals surface area (Å²) in [6.45, 7) is 0.522. The summed E-state index contributed by atoms with van der Waals surface area (Å²) in [4.78, 5) is 44.2. The van der Waals surface area contributed by atoms with E-state index in [4.69, 9.17) is 4.74 Å². The number of nitrogens with one attached hydrogen (secondary N) is 2. The Labute approximate surface area is 178 Å². The molecule has 0 radical (unpaired) electrons. The van der Waals surface area contributed by atoms with E-state index in [1.165, 1.54) is 12.1 Å². The third-order valence-corrected chi connectivity index (χ3v) is 5.53. The van der Waals surface area contributed by atoms with Gasteiger partial charge in [-0.15, -0.1) is 0 Å². The van der Waals surface area contributed by atoms with E-state index in [2.05, 4.69) is 15.6 Å². The van der Waals surface area contributed by atoms with Gasteiger partial charge in [-0.05, 0) is 43.2 Å². The van der Waals surface area contributed by atoms with Crippen LogP contribution in [0.2, 0.25) is 0 Å². The van der Waals surface area contributed by atoms with Crippen LogP contribution in [0.25, 0.3) is 0 Å². The number of pyridine rings is 1. The summed E-state index contributed by atoms with van der Waals surface area (Å²) in [5.41, 5.74) is 0.355. The van der Waals surface area contributed by atoms with Crippen molar-refractivity contribution >= 4 is 17.7 Å². The Hall–Kier alpha value is -3.49. The Balaban J connectivity index is 1.62. The minimum absolute atomic E-state index is 0.0699. The number of ether oxygens (including phenoxy) is 1. The zero-order valence-corrected chi connectivity index (χ0v) is 16.8. The maximum Gasteiger partial charge on any atom is 0.273 e. The number of carbonyl (C=O) groups is 3. The second-order valence-electron chi connectivity index (χ2n) is 7.57. The lowest BCUT2D eigenvalue weighted by Gasteiger charge is -2.30. The van der Waals surface area contributed by atoms with Crippen molar-refractivity contribution in [1.29, 1.82) is 0 Å². The predicted octanol–water partition coefficient (Wildman–Crippen LogP) is 1.52. The summed E-state index contributed by atoms with van der Waals surface area (Å²) >= 11 is 0. The first kappa shape index (κ1) is 20.8. The van der Waals surface area contributed by atoms with E-state index in [9.17, 15) is 18.8 Å². The standard InChI is InChI=1S/C22H23FN4O4/c23-14-4-7-19-17(11-14)21(29)26-13-16-6-5-15(12-20(28)25-9-10-31-19)27(16)22(30)18-3-1-2-8-24-18/h1-4,7-8,11,15-16H,5-6,9-10,12-13H2,(H,25,28)(H,26,29)/t15-,16+/m0/s1. The number of halogens is 1. The monoisotopic (exact) mass is 426 g/mol. The van der Waals surface area contributed by atoms with Gasteiger partial charge >= 0.3 is 0 Å². The van der Waals surface area contributed by atoms with Crippen molar-refractivity contribution in [1.82, 2.24) is 20.5 Å². The zero-order chi connectivity index (χ0) is 21.8. The Morgan fingerprint density at radius 1 is 1.13 bits per heavy atom. The maximum atomic E-state index is 13.8. The van der Waals surface area contributed by atoms with E-state index >= 15 is 0 Å². The molecule has 2 atom stereocenters. The van der Waals surface area contributed by atoms with Crippen molar-refractivity contribution in [3.05, 3.63) is 59.7 Å². The number of nitrogens with zero attached hydrogens (tertiary/aromatic N) is 2. The fraction of sp³-hybridized carbons (Fsp3) is 0.364. The quantitative estimate of drug-likeness (QED) is 0.720. The maximum absolute atomic E-state index is 13.8. The molecule has 2 aliphatic rings. The molecular weight excluding hydrogens is 403 g/mol. The number of hydrogen-bond acceptors (Lipinski definition) is 5. The summed E-state index contributed by atoms with van der Waals surface area (Å²) < 4.78 is 19.3. The van der Waals surface area contributed by atoms with Crippen molar-refractivity contribution in [3.8, 4) is 5.75 Å². The first-order chi connectivity index (χ1) is 15.0. The van der Waals surface area contributed by atoms with Gasteiger partial charge in [0.2, 0.25) is 5.91 Å². The van der Waals surface area contributed by atoms with Gasteiger partial charge in [-0.25, -0.2) is 4.39 Å². The highest BCUT2D eigenvalue weighted by atomic mass is 19.1. The number of amides is 3. The average Bonchev–Trinajstić information content (AvgIpc) is 3.17. The molecule has 1 saturated heterocycles. The van der Waals surface area contributed by atoms with E-state index in [1.54, 1.807) is 29.3 Å². The molecule has 1 aromatic heterocycles. The van der Waals surface area contributed by atoms with Crippen molar-refractivity contribution in [3.63, 3.8) is 0 Å². The molecule has 2 N–H and O–H groups in total. The third kappa shape index (κ3) is 4.65. The van der Waals surface area contributed by atoms with Crippen LogP contribution in [0.4, 0.5) is 4.39 Å². The predicted molar refractivity (Wildman–Crippen MR) is 109 cm³/mol. The Kier molecular flexibility index (Phi) is 6.11. The normalized spacial score (nSPS) is 21.9. The van der Waals surface area contributed by atoms with Crippen LogP contribution < -0.4 is 15.4 Å². The van der Waals surface area contributed by atoms with E-state index < -0.39 is 11.7 Å². The van der Waals surface area contributed by atoms with Gasteiger partial charge in [0.25, 0.3) is 11.8 Å². The summed E-state index contributed by atoms with van der Waals surface area (Å²) in [5, 5.41) is 5.57. The minimum Gasteiger partial charge on any atom is -0.491 e. The molecule has 2 bridgehead atoms. The molecule has 162 valence electrons. The zero-order valence-electron chi connectivity index (χ0n) is 16.8. The molecule has 1 aromatic carbocycles. The van der Waals surface area contributed by atoms with Gasteiger partial charge in [-0.1, -0.05) is 6.07 Å². The van der Waals surface area contributed by atoms with E-state index in [1.807, 2.05) is 0 Å². The Bertz CT molecular complexity index is 985. The summed E-state index contributed by atoms with van der Waals surface area (Å²) in [6, 6.07) is 8.18. The topological polar surface area (TPSA) is 101 Å². The summed E-state index contributed by atoms with van der Waals surface area (Å²) in [6.07, 6.45) is 2.96. The lowest BCUT2D eigenvalue weighted by Crippen LogP contribution is -2.48. The molecule has 2 aromatic rings. The fourth-order valence-electron chi connectivity index (χ4n) is 4.06. The van der Waals surface area contributed by atoms with Crippen molar-refractivity contribution < 1.29 is 23.5 Å². The molecule has 2 aliphatic heterocycles. The summed E-state index contributed by atoms with van der Waals surface area (Å²) in [5.74, 6) is -1.27. The van der Waals surface area contributed by atoms with E-state index in [0.29, 0.717) is 12.8 Å². The lowest BCUT2D eigenvalue weighted by molar-refractivity contribution is -0.122. The Morgan fingerprint density at radius 3 is 2.77 bits per heavy atom.